The van der Waals surface area contributed by atoms with Crippen molar-refractivity contribution in [2.75, 3.05) is 0 Å². The second-order valence-electron chi connectivity index (χ2n) is 4.17. The molecule has 102 valence electrons. The molecule has 3 heterocycles. The van der Waals surface area contributed by atoms with Crippen LogP contribution in [-0.2, 0) is 6.54 Å². The van der Waals surface area contributed by atoms with Crippen molar-refractivity contribution in [1.29, 1.82) is 0 Å². The van der Waals surface area contributed by atoms with Crippen LogP contribution in [0.2, 0.25) is 0 Å². The van der Waals surface area contributed by atoms with Gasteiger partial charge in [0.2, 0.25) is 0 Å². The molecule has 3 rings (SSSR count). The van der Waals surface area contributed by atoms with E-state index < -0.39 is 0 Å². The summed E-state index contributed by atoms with van der Waals surface area (Å²) in [6, 6.07) is 7.20. The standard InChI is InChI=1S/C13H11N3O3S/c1-8-5-9(15-18-8)7-14-13(17)10-6-11(19-16-10)12-3-2-4-20-12/h2-6H,7H2,1H3,(H,14,17). The Labute approximate surface area is 118 Å². The average molecular weight is 289 g/mol. The summed E-state index contributed by atoms with van der Waals surface area (Å²) in [7, 11) is 0. The van der Waals surface area contributed by atoms with E-state index in [0.717, 1.165) is 4.88 Å². The van der Waals surface area contributed by atoms with Crippen LogP contribution in [-0.4, -0.2) is 16.2 Å². The van der Waals surface area contributed by atoms with Crippen LogP contribution in [0, 0.1) is 6.92 Å². The molecule has 0 aliphatic carbocycles. The maximum absolute atomic E-state index is 11.9. The highest BCUT2D eigenvalue weighted by atomic mass is 32.1. The Hall–Kier alpha value is -2.41. The molecule has 0 saturated heterocycles. The van der Waals surface area contributed by atoms with Crippen LogP contribution in [0.3, 0.4) is 0 Å². The molecule has 6 nitrogen and oxygen atoms in total. The van der Waals surface area contributed by atoms with Crippen molar-refractivity contribution in [2.45, 2.75) is 13.5 Å². The highest BCUT2D eigenvalue weighted by molar-refractivity contribution is 7.13. The summed E-state index contributed by atoms with van der Waals surface area (Å²) >= 11 is 1.53. The third-order valence-corrected chi connectivity index (χ3v) is 3.50. The van der Waals surface area contributed by atoms with E-state index in [2.05, 4.69) is 15.6 Å². The molecule has 1 N–H and O–H groups in total. The largest absolute Gasteiger partial charge is 0.361 e. The van der Waals surface area contributed by atoms with E-state index in [1.54, 1.807) is 19.1 Å². The van der Waals surface area contributed by atoms with Gasteiger partial charge >= 0.3 is 0 Å². The van der Waals surface area contributed by atoms with Crippen molar-refractivity contribution < 1.29 is 13.8 Å². The van der Waals surface area contributed by atoms with E-state index >= 15 is 0 Å². The van der Waals surface area contributed by atoms with Gasteiger partial charge in [0, 0.05) is 12.1 Å². The van der Waals surface area contributed by atoms with Crippen LogP contribution >= 0.6 is 11.3 Å². The van der Waals surface area contributed by atoms with Crippen molar-refractivity contribution in [2.24, 2.45) is 0 Å². The van der Waals surface area contributed by atoms with Gasteiger partial charge in [0.25, 0.3) is 5.91 Å². The van der Waals surface area contributed by atoms with Crippen LogP contribution in [0.5, 0.6) is 0 Å². The number of carbonyl (C=O) groups is 1. The smallest absolute Gasteiger partial charge is 0.273 e. The normalized spacial score (nSPS) is 10.7. The zero-order valence-corrected chi connectivity index (χ0v) is 11.4. The molecule has 1 amide bonds. The number of rotatable bonds is 4. The van der Waals surface area contributed by atoms with Crippen molar-refractivity contribution in [3.63, 3.8) is 0 Å². The fraction of sp³-hybridized carbons (Fsp3) is 0.154. The van der Waals surface area contributed by atoms with Gasteiger partial charge in [0.05, 0.1) is 11.4 Å². The number of aromatic nitrogens is 2. The number of hydrogen-bond donors (Lipinski definition) is 1. The molecular weight excluding hydrogens is 278 g/mol. The van der Waals surface area contributed by atoms with Gasteiger partial charge in [-0.25, -0.2) is 0 Å². The maximum Gasteiger partial charge on any atom is 0.273 e. The third kappa shape index (κ3) is 2.62. The third-order valence-electron chi connectivity index (χ3n) is 2.61. The lowest BCUT2D eigenvalue weighted by atomic mass is 10.3. The van der Waals surface area contributed by atoms with E-state index in [1.165, 1.54) is 11.3 Å². The molecule has 3 aromatic rings. The first-order chi connectivity index (χ1) is 9.72. The van der Waals surface area contributed by atoms with E-state index in [9.17, 15) is 4.79 Å². The number of carbonyl (C=O) groups excluding carboxylic acids is 1. The van der Waals surface area contributed by atoms with Crippen molar-refractivity contribution in [1.82, 2.24) is 15.6 Å². The first kappa shape index (κ1) is 12.6. The topological polar surface area (TPSA) is 81.2 Å². The minimum atomic E-state index is -0.308. The maximum atomic E-state index is 11.9. The summed E-state index contributed by atoms with van der Waals surface area (Å²) in [6.45, 7) is 2.08. The van der Waals surface area contributed by atoms with Crippen LogP contribution in [0.15, 0.2) is 38.7 Å². The predicted molar refractivity (Wildman–Crippen MR) is 72.2 cm³/mol. The molecule has 0 aliphatic heterocycles. The van der Waals surface area contributed by atoms with Crippen LogP contribution < -0.4 is 5.32 Å². The molecule has 0 atom stereocenters. The van der Waals surface area contributed by atoms with Gasteiger partial charge in [-0.05, 0) is 18.4 Å². The molecule has 0 spiro atoms. The fourth-order valence-electron chi connectivity index (χ4n) is 1.68. The number of aryl methyl sites for hydroxylation is 1. The second-order valence-corrected chi connectivity index (χ2v) is 5.11. The Morgan fingerprint density at radius 2 is 2.25 bits per heavy atom. The summed E-state index contributed by atoms with van der Waals surface area (Å²) in [6.07, 6.45) is 0. The van der Waals surface area contributed by atoms with Crippen LogP contribution in [0.1, 0.15) is 21.9 Å². The average Bonchev–Trinajstić information content (AvgIpc) is 3.16. The van der Waals surface area contributed by atoms with Crippen LogP contribution in [0.4, 0.5) is 0 Å². The molecular formula is C13H11N3O3S. The highest BCUT2D eigenvalue weighted by Gasteiger charge is 2.14. The lowest BCUT2D eigenvalue weighted by molar-refractivity contribution is 0.0941. The molecule has 3 aromatic heterocycles. The number of amides is 1. The van der Waals surface area contributed by atoms with Gasteiger partial charge < -0.3 is 14.4 Å². The van der Waals surface area contributed by atoms with Crippen molar-refractivity contribution in [3.05, 3.63) is 46.8 Å². The van der Waals surface area contributed by atoms with Gasteiger partial charge in [0.15, 0.2) is 11.5 Å². The quantitative estimate of drug-likeness (QED) is 0.798. The lowest BCUT2D eigenvalue weighted by Gasteiger charge is -1.97. The van der Waals surface area contributed by atoms with E-state index in [-0.39, 0.29) is 18.1 Å². The summed E-state index contributed by atoms with van der Waals surface area (Å²) < 4.78 is 10.1. The zero-order chi connectivity index (χ0) is 13.9. The molecule has 0 unspecified atom stereocenters. The first-order valence-corrected chi connectivity index (χ1v) is 6.81. The minimum absolute atomic E-state index is 0.244. The van der Waals surface area contributed by atoms with Crippen molar-refractivity contribution in [3.8, 4) is 10.6 Å². The molecule has 0 fully saturated rings. The summed E-state index contributed by atoms with van der Waals surface area (Å²) in [5, 5.41) is 12.2. The zero-order valence-electron chi connectivity index (χ0n) is 10.6. The first-order valence-electron chi connectivity index (χ1n) is 5.93. The molecule has 7 heteroatoms. The Bertz CT molecular complexity index is 715. The van der Waals surface area contributed by atoms with Gasteiger partial charge in [-0.15, -0.1) is 11.3 Å². The number of thiophene rings is 1. The minimum Gasteiger partial charge on any atom is -0.361 e. The monoisotopic (exact) mass is 289 g/mol. The predicted octanol–water partition coefficient (Wildman–Crippen LogP) is 2.63. The summed E-state index contributed by atoms with van der Waals surface area (Å²) in [5.41, 5.74) is 0.909. The number of nitrogens with one attached hydrogen (secondary N) is 1. The Balaban J connectivity index is 1.65. The number of hydrogen-bond acceptors (Lipinski definition) is 6. The number of nitrogens with zero attached hydrogens (tertiary/aromatic N) is 2. The fourth-order valence-corrected chi connectivity index (χ4v) is 2.35. The molecule has 0 saturated carbocycles. The molecule has 0 aromatic carbocycles. The highest BCUT2D eigenvalue weighted by Crippen LogP contribution is 2.25. The SMILES string of the molecule is Cc1cc(CNC(=O)c2cc(-c3cccs3)on2)no1. The Morgan fingerprint density at radius 3 is 2.95 bits per heavy atom. The molecule has 20 heavy (non-hydrogen) atoms. The van der Waals surface area contributed by atoms with Gasteiger partial charge in [-0.3, -0.25) is 4.79 Å². The molecule has 0 aliphatic rings. The van der Waals surface area contributed by atoms with E-state index in [4.69, 9.17) is 9.05 Å². The van der Waals surface area contributed by atoms with Gasteiger partial charge in [0.1, 0.15) is 11.5 Å². The van der Waals surface area contributed by atoms with Crippen LogP contribution in [0.25, 0.3) is 10.6 Å². The van der Waals surface area contributed by atoms with E-state index in [1.807, 2.05) is 17.5 Å². The van der Waals surface area contributed by atoms with E-state index in [0.29, 0.717) is 17.2 Å². The van der Waals surface area contributed by atoms with Gasteiger partial charge in [-0.2, -0.15) is 0 Å². The molecule has 0 bridgehead atoms. The second kappa shape index (κ2) is 5.30. The van der Waals surface area contributed by atoms with Crippen molar-refractivity contribution >= 4 is 17.2 Å². The summed E-state index contributed by atoms with van der Waals surface area (Å²) in [4.78, 5) is 12.9. The Kier molecular flexibility index (Phi) is 3.34. The molecule has 0 radical (unpaired) electrons. The van der Waals surface area contributed by atoms with Gasteiger partial charge in [-0.1, -0.05) is 16.4 Å². The Morgan fingerprint density at radius 1 is 1.35 bits per heavy atom. The lowest BCUT2D eigenvalue weighted by Crippen LogP contribution is -2.23. The summed E-state index contributed by atoms with van der Waals surface area (Å²) in [5.74, 6) is 0.982.